The molecule has 0 spiro atoms. The van der Waals surface area contributed by atoms with Gasteiger partial charge in [-0.25, -0.2) is 0 Å². The van der Waals surface area contributed by atoms with Crippen LogP contribution in [0.1, 0.15) is 17.5 Å². The smallest absolute Gasteiger partial charge is 0.253 e. The molecule has 0 saturated carbocycles. The molecular formula is C13H15ClN2O. The molecule has 0 unspecified atom stereocenters. The van der Waals surface area contributed by atoms with E-state index in [1.165, 1.54) is 5.56 Å². The maximum atomic E-state index is 11.9. The lowest BCUT2D eigenvalue weighted by molar-refractivity contribution is 0.820. The highest BCUT2D eigenvalue weighted by molar-refractivity contribution is 5.93. The summed E-state index contributed by atoms with van der Waals surface area (Å²) in [5, 5.41) is 4.49. The fraction of sp³-hybridized carbons (Fsp3) is 0.308. The summed E-state index contributed by atoms with van der Waals surface area (Å²) in [6.45, 7) is 3.03. The van der Waals surface area contributed by atoms with Crippen LogP contribution in [0.3, 0.4) is 0 Å². The molecule has 0 bridgehead atoms. The van der Waals surface area contributed by atoms with Crippen LogP contribution in [0, 0.1) is 6.92 Å². The van der Waals surface area contributed by atoms with E-state index >= 15 is 0 Å². The van der Waals surface area contributed by atoms with Crippen LogP contribution in [0.4, 0.5) is 5.69 Å². The highest BCUT2D eigenvalue weighted by atomic mass is 35.5. The Bertz CT molecular complexity index is 619. The zero-order chi connectivity index (χ0) is 11.1. The molecule has 0 radical (unpaired) electrons. The van der Waals surface area contributed by atoms with Crippen molar-refractivity contribution in [3.63, 3.8) is 0 Å². The minimum atomic E-state index is 0. The first kappa shape index (κ1) is 12.0. The van der Waals surface area contributed by atoms with E-state index in [1.54, 1.807) is 0 Å². The number of H-pyrrole nitrogens is 1. The lowest BCUT2D eigenvalue weighted by Gasteiger charge is -2.19. The molecule has 0 amide bonds. The summed E-state index contributed by atoms with van der Waals surface area (Å²) in [7, 11) is 0. The largest absolute Gasteiger partial charge is 0.384 e. The van der Waals surface area contributed by atoms with Gasteiger partial charge >= 0.3 is 0 Å². The van der Waals surface area contributed by atoms with E-state index < -0.39 is 0 Å². The van der Waals surface area contributed by atoms with Crippen molar-refractivity contribution in [2.45, 2.75) is 19.8 Å². The van der Waals surface area contributed by atoms with Gasteiger partial charge in [0.2, 0.25) is 0 Å². The summed E-state index contributed by atoms with van der Waals surface area (Å²) in [5.74, 6) is 0. The SMILES string of the molecule is Cc1ccc2[nH]c(=O)c3c(c2c1)NCCC3.Cl. The molecule has 4 heteroatoms. The molecule has 90 valence electrons. The first-order valence-electron chi connectivity index (χ1n) is 5.65. The summed E-state index contributed by atoms with van der Waals surface area (Å²) in [4.78, 5) is 14.8. The molecule has 1 aromatic carbocycles. The summed E-state index contributed by atoms with van der Waals surface area (Å²) in [5.41, 5.74) is 4.13. The summed E-state index contributed by atoms with van der Waals surface area (Å²) >= 11 is 0. The van der Waals surface area contributed by atoms with Crippen LogP contribution < -0.4 is 10.9 Å². The highest BCUT2D eigenvalue weighted by Gasteiger charge is 2.15. The molecule has 1 aliphatic rings. The lowest BCUT2D eigenvalue weighted by Crippen LogP contribution is -2.22. The van der Waals surface area contributed by atoms with E-state index in [4.69, 9.17) is 0 Å². The van der Waals surface area contributed by atoms with E-state index in [2.05, 4.69) is 23.3 Å². The molecule has 2 heterocycles. The predicted octanol–water partition coefficient (Wildman–Crippen LogP) is 2.62. The molecule has 0 saturated heterocycles. The lowest BCUT2D eigenvalue weighted by atomic mass is 10.0. The van der Waals surface area contributed by atoms with Crippen LogP contribution in [0.15, 0.2) is 23.0 Å². The molecule has 0 aliphatic carbocycles. The number of aromatic amines is 1. The van der Waals surface area contributed by atoms with Gasteiger partial charge < -0.3 is 10.3 Å². The number of rotatable bonds is 0. The number of fused-ring (bicyclic) bond motifs is 3. The molecule has 3 rings (SSSR count). The van der Waals surface area contributed by atoms with Crippen molar-refractivity contribution in [3.8, 4) is 0 Å². The van der Waals surface area contributed by atoms with Gasteiger partial charge in [-0.3, -0.25) is 4.79 Å². The maximum Gasteiger partial charge on any atom is 0.253 e. The van der Waals surface area contributed by atoms with E-state index in [-0.39, 0.29) is 18.0 Å². The van der Waals surface area contributed by atoms with Gasteiger partial charge in [0.05, 0.1) is 11.2 Å². The minimum absolute atomic E-state index is 0. The second kappa shape index (κ2) is 4.41. The van der Waals surface area contributed by atoms with Crippen LogP contribution in [0.2, 0.25) is 0 Å². The molecular weight excluding hydrogens is 236 g/mol. The van der Waals surface area contributed by atoms with Crippen LogP contribution in [-0.4, -0.2) is 11.5 Å². The second-order valence-corrected chi connectivity index (χ2v) is 4.39. The van der Waals surface area contributed by atoms with Crippen molar-refractivity contribution in [2.24, 2.45) is 0 Å². The Morgan fingerprint density at radius 3 is 2.94 bits per heavy atom. The van der Waals surface area contributed by atoms with Gasteiger partial charge in [-0.15, -0.1) is 12.4 Å². The number of pyridine rings is 1. The summed E-state index contributed by atoms with van der Waals surface area (Å²) in [6, 6.07) is 6.12. The molecule has 2 aromatic rings. The van der Waals surface area contributed by atoms with Gasteiger partial charge in [-0.2, -0.15) is 0 Å². The van der Waals surface area contributed by atoms with Gasteiger partial charge in [0.15, 0.2) is 0 Å². The van der Waals surface area contributed by atoms with E-state index in [0.717, 1.165) is 41.5 Å². The number of aryl methyl sites for hydroxylation is 1. The third-order valence-corrected chi connectivity index (χ3v) is 3.17. The topological polar surface area (TPSA) is 44.9 Å². The molecule has 0 atom stereocenters. The van der Waals surface area contributed by atoms with Crippen molar-refractivity contribution in [2.75, 3.05) is 11.9 Å². The number of benzene rings is 1. The Morgan fingerprint density at radius 1 is 1.29 bits per heavy atom. The van der Waals surface area contributed by atoms with Crippen LogP contribution >= 0.6 is 12.4 Å². The molecule has 3 nitrogen and oxygen atoms in total. The van der Waals surface area contributed by atoms with Crippen molar-refractivity contribution < 1.29 is 0 Å². The number of hydrogen-bond acceptors (Lipinski definition) is 2. The molecule has 17 heavy (non-hydrogen) atoms. The van der Waals surface area contributed by atoms with Gasteiger partial charge in [-0.05, 0) is 31.9 Å². The number of hydrogen-bond donors (Lipinski definition) is 2. The number of nitrogens with one attached hydrogen (secondary N) is 2. The van der Waals surface area contributed by atoms with E-state index in [9.17, 15) is 4.79 Å². The molecule has 0 fully saturated rings. The van der Waals surface area contributed by atoms with Gasteiger partial charge in [0, 0.05) is 17.5 Å². The zero-order valence-corrected chi connectivity index (χ0v) is 10.5. The number of anilines is 1. The van der Waals surface area contributed by atoms with Crippen LogP contribution in [0.5, 0.6) is 0 Å². The molecule has 2 N–H and O–H groups in total. The average Bonchev–Trinajstić information content (AvgIpc) is 2.31. The van der Waals surface area contributed by atoms with Crippen LogP contribution in [-0.2, 0) is 6.42 Å². The van der Waals surface area contributed by atoms with E-state index in [0.29, 0.717) is 0 Å². The second-order valence-electron chi connectivity index (χ2n) is 4.39. The first-order valence-corrected chi connectivity index (χ1v) is 5.65. The standard InChI is InChI=1S/C13H14N2O.ClH/c1-8-4-5-11-10(7-8)12-9(13(16)15-11)3-2-6-14-12;/h4-5,7,14H,2-3,6H2,1H3,(H,15,16);1H. The third-order valence-electron chi connectivity index (χ3n) is 3.17. The van der Waals surface area contributed by atoms with Gasteiger partial charge in [-0.1, -0.05) is 11.6 Å². The average molecular weight is 251 g/mol. The third kappa shape index (κ3) is 1.91. The molecule has 1 aliphatic heterocycles. The Balaban J connectivity index is 0.00000108. The highest BCUT2D eigenvalue weighted by Crippen LogP contribution is 2.27. The quantitative estimate of drug-likeness (QED) is 0.755. The molecule has 1 aromatic heterocycles. The fourth-order valence-electron chi connectivity index (χ4n) is 2.37. The zero-order valence-electron chi connectivity index (χ0n) is 9.67. The summed E-state index contributed by atoms with van der Waals surface area (Å²) < 4.78 is 0. The van der Waals surface area contributed by atoms with Crippen molar-refractivity contribution >= 4 is 29.0 Å². The fourth-order valence-corrected chi connectivity index (χ4v) is 2.37. The normalized spacial score (nSPS) is 13.7. The van der Waals surface area contributed by atoms with Crippen molar-refractivity contribution in [3.05, 3.63) is 39.7 Å². The number of aromatic nitrogens is 1. The van der Waals surface area contributed by atoms with Crippen LogP contribution in [0.25, 0.3) is 10.9 Å². The maximum absolute atomic E-state index is 11.9. The summed E-state index contributed by atoms with van der Waals surface area (Å²) in [6.07, 6.45) is 1.91. The van der Waals surface area contributed by atoms with Crippen molar-refractivity contribution in [1.82, 2.24) is 4.98 Å². The predicted molar refractivity (Wildman–Crippen MR) is 73.4 cm³/mol. The van der Waals surface area contributed by atoms with Gasteiger partial charge in [0.25, 0.3) is 5.56 Å². The Hall–Kier alpha value is -1.48. The monoisotopic (exact) mass is 250 g/mol. The minimum Gasteiger partial charge on any atom is -0.384 e. The Labute approximate surface area is 106 Å². The van der Waals surface area contributed by atoms with Crippen molar-refractivity contribution in [1.29, 1.82) is 0 Å². The van der Waals surface area contributed by atoms with Gasteiger partial charge in [0.1, 0.15) is 0 Å². The van der Waals surface area contributed by atoms with E-state index in [1.807, 2.05) is 12.1 Å². The Kier molecular flexibility index (Phi) is 3.11. The first-order chi connectivity index (χ1) is 7.75. The number of halogens is 1. The Morgan fingerprint density at radius 2 is 2.12 bits per heavy atom.